The zero-order valence-corrected chi connectivity index (χ0v) is 10.5. The van der Waals surface area contributed by atoms with Crippen molar-refractivity contribution in [1.29, 1.82) is 5.26 Å². The van der Waals surface area contributed by atoms with Crippen molar-refractivity contribution in [1.82, 2.24) is 0 Å². The third kappa shape index (κ3) is 2.96. The van der Waals surface area contributed by atoms with Crippen LogP contribution in [0.15, 0.2) is 18.2 Å². The molecule has 0 saturated carbocycles. The Balaban J connectivity index is 3.12. The molecule has 0 atom stereocenters. The number of nitriles is 1. The summed E-state index contributed by atoms with van der Waals surface area (Å²) >= 11 is 5.71. The van der Waals surface area contributed by atoms with Crippen molar-refractivity contribution in [2.24, 2.45) is 5.41 Å². The van der Waals surface area contributed by atoms with Crippen molar-refractivity contribution in [2.45, 2.75) is 13.8 Å². The summed E-state index contributed by atoms with van der Waals surface area (Å²) in [5.74, 6) is -0.629. The monoisotopic (exact) mass is 267 g/mol. The predicted octanol–water partition coefficient (Wildman–Crippen LogP) is 2.74. The Morgan fingerprint density at radius 3 is 2.67 bits per heavy atom. The van der Waals surface area contributed by atoms with E-state index in [1.807, 2.05) is 6.07 Å². The minimum Gasteiger partial charge on any atom is -0.319 e. The van der Waals surface area contributed by atoms with Crippen LogP contribution in [-0.4, -0.2) is 10.8 Å². The lowest BCUT2D eigenvalue weighted by molar-refractivity contribution is -0.383. The number of carbonyl (C=O) groups excluding carboxylic acids is 1. The van der Waals surface area contributed by atoms with Gasteiger partial charge in [-0.05, 0) is 26.0 Å². The Bertz CT molecular complexity index is 549. The first-order valence-electron chi connectivity index (χ1n) is 4.94. The maximum atomic E-state index is 11.8. The van der Waals surface area contributed by atoms with E-state index >= 15 is 0 Å². The molecule has 7 heteroatoms. The zero-order chi connectivity index (χ0) is 13.9. The Morgan fingerprint density at radius 1 is 1.56 bits per heavy atom. The first kappa shape index (κ1) is 13.9. The van der Waals surface area contributed by atoms with E-state index in [4.69, 9.17) is 16.9 Å². The molecule has 0 bridgehead atoms. The van der Waals surface area contributed by atoms with Crippen LogP contribution in [0.5, 0.6) is 0 Å². The highest BCUT2D eigenvalue weighted by Crippen LogP contribution is 2.29. The minimum absolute atomic E-state index is 0.0270. The lowest BCUT2D eigenvalue weighted by Crippen LogP contribution is -2.29. The molecule has 0 aliphatic heterocycles. The summed E-state index contributed by atoms with van der Waals surface area (Å²) in [7, 11) is 0. The van der Waals surface area contributed by atoms with Gasteiger partial charge in [0.2, 0.25) is 5.91 Å². The number of halogens is 1. The van der Waals surface area contributed by atoms with Gasteiger partial charge in [0, 0.05) is 11.1 Å². The second-order valence-corrected chi connectivity index (χ2v) is 4.55. The first-order chi connectivity index (χ1) is 8.27. The van der Waals surface area contributed by atoms with Crippen LogP contribution in [0.2, 0.25) is 5.02 Å². The number of benzene rings is 1. The number of nitrogens with zero attached hydrogens (tertiary/aromatic N) is 2. The van der Waals surface area contributed by atoms with Crippen molar-refractivity contribution in [3.63, 3.8) is 0 Å². The van der Waals surface area contributed by atoms with Gasteiger partial charge in [-0.3, -0.25) is 14.9 Å². The molecule has 0 saturated heterocycles. The van der Waals surface area contributed by atoms with Gasteiger partial charge < -0.3 is 5.32 Å². The Kier molecular flexibility index (Phi) is 3.89. The van der Waals surface area contributed by atoms with Gasteiger partial charge in [0.05, 0.1) is 11.0 Å². The van der Waals surface area contributed by atoms with Gasteiger partial charge >= 0.3 is 0 Å². The summed E-state index contributed by atoms with van der Waals surface area (Å²) in [6, 6.07) is 5.62. The van der Waals surface area contributed by atoms with E-state index in [1.54, 1.807) is 0 Å². The van der Waals surface area contributed by atoms with Gasteiger partial charge in [0.1, 0.15) is 11.1 Å². The Labute approximate surface area is 108 Å². The zero-order valence-electron chi connectivity index (χ0n) is 9.73. The number of rotatable bonds is 3. The molecule has 0 aliphatic rings. The molecule has 6 nitrogen and oxygen atoms in total. The average molecular weight is 268 g/mol. The number of hydrogen-bond acceptors (Lipinski definition) is 4. The van der Waals surface area contributed by atoms with Crippen LogP contribution < -0.4 is 5.32 Å². The van der Waals surface area contributed by atoms with E-state index in [-0.39, 0.29) is 16.4 Å². The largest absolute Gasteiger partial charge is 0.319 e. The SMILES string of the molecule is CC(C)(C#N)C(=O)Nc1cc(Cl)ccc1[N+](=O)[O-]. The van der Waals surface area contributed by atoms with E-state index in [2.05, 4.69) is 5.32 Å². The van der Waals surface area contributed by atoms with Gasteiger partial charge in [-0.2, -0.15) is 5.26 Å². The third-order valence-electron chi connectivity index (χ3n) is 2.25. The highest BCUT2D eigenvalue weighted by Gasteiger charge is 2.29. The fourth-order valence-corrected chi connectivity index (χ4v) is 1.27. The molecule has 0 fully saturated rings. The predicted molar refractivity (Wildman–Crippen MR) is 66.1 cm³/mol. The fourth-order valence-electron chi connectivity index (χ4n) is 1.10. The van der Waals surface area contributed by atoms with Crippen LogP contribution in [0.4, 0.5) is 11.4 Å². The van der Waals surface area contributed by atoms with Gasteiger partial charge in [0.25, 0.3) is 5.69 Å². The highest BCUT2D eigenvalue weighted by atomic mass is 35.5. The molecular formula is C11H10ClN3O3. The molecule has 1 N–H and O–H groups in total. The molecule has 0 unspecified atom stereocenters. The van der Waals surface area contributed by atoms with Crippen molar-refractivity contribution in [3.8, 4) is 6.07 Å². The van der Waals surface area contributed by atoms with Crippen LogP contribution in [0.3, 0.4) is 0 Å². The van der Waals surface area contributed by atoms with Crippen molar-refractivity contribution in [3.05, 3.63) is 33.3 Å². The third-order valence-corrected chi connectivity index (χ3v) is 2.49. The van der Waals surface area contributed by atoms with Gasteiger partial charge in [-0.15, -0.1) is 0 Å². The summed E-state index contributed by atoms with van der Waals surface area (Å²) < 4.78 is 0. The molecule has 0 aliphatic carbocycles. The number of anilines is 1. The topological polar surface area (TPSA) is 96.0 Å². The van der Waals surface area contributed by atoms with E-state index < -0.39 is 16.2 Å². The number of hydrogen-bond donors (Lipinski definition) is 1. The maximum absolute atomic E-state index is 11.8. The molecule has 0 spiro atoms. The summed E-state index contributed by atoms with van der Waals surface area (Å²) in [5, 5.41) is 22.2. The lowest BCUT2D eigenvalue weighted by atomic mass is 9.94. The van der Waals surface area contributed by atoms with Crippen molar-refractivity contribution < 1.29 is 9.72 Å². The quantitative estimate of drug-likeness (QED) is 0.672. The second kappa shape index (κ2) is 5.02. The second-order valence-electron chi connectivity index (χ2n) is 4.11. The Hall–Kier alpha value is -2.13. The molecule has 0 aromatic heterocycles. The molecule has 0 radical (unpaired) electrons. The molecule has 1 rings (SSSR count). The van der Waals surface area contributed by atoms with E-state index in [9.17, 15) is 14.9 Å². The van der Waals surface area contributed by atoms with Crippen molar-refractivity contribution >= 4 is 28.9 Å². The van der Waals surface area contributed by atoms with E-state index in [0.717, 1.165) is 0 Å². The standard InChI is InChI=1S/C11H10ClN3O3/c1-11(2,6-13)10(16)14-8-5-7(12)3-4-9(8)15(17)18/h3-5H,1-2H3,(H,14,16). The first-order valence-corrected chi connectivity index (χ1v) is 5.32. The molecule has 1 aromatic carbocycles. The smallest absolute Gasteiger partial charge is 0.292 e. The number of nitrogens with one attached hydrogen (secondary N) is 1. The lowest BCUT2D eigenvalue weighted by Gasteiger charge is -2.15. The van der Waals surface area contributed by atoms with Crippen LogP contribution in [0.1, 0.15) is 13.8 Å². The summed E-state index contributed by atoms with van der Waals surface area (Å²) in [6.07, 6.45) is 0. The summed E-state index contributed by atoms with van der Waals surface area (Å²) in [6.45, 7) is 2.83. The van der Waals surface area contributed by atoms with Crippen molar-refractivity contribution in [2.75, 3.05) is 5.32 Å². The summed E-state index contributed by atoms with van der Waals surface area (Å²) in [4.78, 5) is 21.9. The van der Waals surface area contributed by atoms with E-state index in [0.29, 0.717) is 0 Å². The highest BCUT2D eigenvalue weighted by molar-refractivity contribution is 6.31. The summed E-state index contributed by atoms with van der Waals surface area (Å²) in [5.41, 5.74) is -1.58. The molecule has 94 valence electrons. The fraction of sp³-hybridized carbons (Fsp3) is 0.273. The van der Waals surface area contributed by atoms with Gasteiger partial charge in [0.15, 0.2) is 0 Å². The van der Waals surface area contributed by atoms with Crippen LogP contribution in [0.25, 0.3) is 0 Å². The molecule has 1 aromatic rings. The normalized spacial score (nSPS) is 10.6. The Morgan fingerprint density at radius 2 is 2.17 bits per heavy atom. The number of carbonyl (C=O) groups is 1. The van der Waals surface area contributed by atoms with Crippen LogP contribution >= 0.6 is 11.6 Å². The van der Waals surface area contributed by atoms with Crippen LogP contribution in [0, 0.1) is 26.9 Å². The maximum Gasteiger partial charge on any atom is 0.292 e. The number of nitro benzene ring substituents is 1. The number of amides is 1. The average Bonchev–Trinajstić information content (AvgIpc) is 2.28. The van der Waals surface area contributed by atoms with E-state index in [1.165, 1.54) is 32.0 Å². The molecule has 1 amide bonds. The molecule has 0 heterocycles. The number of nitro groups is 1. The minimum atomic E-state index is -1.28. The molecule has 18 heavy (non-hydrogen) atoms. The van der Waals surface area contributed by atoms with Gasteiger partial charge in [-0.1, -0.05) is 11.6 Å². The molecular weight excluding hydrogens is 258 g/mol. The van der Waals surface area contributed by atoms with Crippen LogP contribution in [-0.2, 0) is 4.79 Å². The van der Waals surface area contributed by atoms with Gasteiger partial charge in [-0.25, -0.2) is 0 Å².